The van der Waals surface area contributed by atoms with Gasteiger partial charge in [0.05, 0.1) is 16.8 Å². The van der Waals surface area contributed by atoms with Crippen LogP contribution < -0.4 is 5.32 Å². The molecule has 7 nitrogen and oxygen atoms in total. The summed E-state index contributed by atoms with van der Waals surface area (Å²) in [6.45, 7) is 4.05. The van der Waals surface area contributed by atoms with E-state index in [1.165, 1.54) is 5.56 Å². The van der Waals surface area contributed by atoms with E-state index in [-0.39, 0.29) is 5.92 Å². The van der Waals surface area contributed by atoms with Crippen molar-refractivity contribution < 1.29 is 9.90 Å². The Morgan fingerprint density at radius 1 is 1.38 bits per heavy atom. The van der Waals surface area contributed by atoms with Crippen molar-refractivity contribution in [2.24, 2.45) is 5.92 Å². The predicted molar refractivity (Wildman–Crippen MR) is 114 cm³/mol. The van der Waals surface area contributed by atoms with Gasteiger partial charge in [0.1, 0.15) is 16.5 Å². The molecule has 29 heavy (non-hydrogen) atoms. The quantitative estimate of drug-likeness (QED) is 0.464. The molecule has 1 aromatic carbocycles. The van der Waals surface area contributed by atoms with Gasteiger partial charge in [-0.15, -0.1) is 11.3 Å². The van der Waals surface area contributed by atoms with E-state index < -0.39 is 5.97 Å². The number of rotatable bonds is 4. The van der Waals surface area contributed by atoms with E-state index in [4.69, 9.17) is 9.97 Å². The Morgan fingerprint density at radius 2 is 2.24 bits per heavy atom. The van der Waals surface area contributed by atoms with Gasteiger partial charge < -0.3 is 10.4 Å². The molecule has 8 heteroatoms. The third-order valence-corrected chi connectivity index (χ3v) is 6.78. The first-order valence-electron chi connectivity index (χ1n) is 9.79. The van der Waals surface area contributed by atoms with Crippen LogP contribution in [0.3, 0.4) is 0 Å². The van der Waals surface area contributed by atoms with Crippen molar-refractivity contribution in [3.8, 4) is 0 Å². The molecule has 4 aromatic rings. The first kappa shape index (κ1) is 18.1. The molecule has 1 unspecified atom stereocenters. The summed E-state index contributed by atoms with van der Waals surface area (Å²) < 4.78 is 0. The zero-order valence-electron chi connectivity index (χ0n) is 16.2. The Hall–Kier alpha value is -3.00. The second kappa shape index (κ2) is 6.81. The van der Waals surface area contributed by atoms with Gasteiger partial charge in [0, 0.05) is 28.1 Å². The van der Waals surface area contributed by atoms with Gasteiger partial charge in [-0.1, -0.05) is 6.92 Å². The van der Waals surface area contributed by atoms with Gasteiger partial charge in [0.2, 0.25) is 0 Å². The summed E-state index contributed by atoms with van der Waals surface area (Å²) >= 11 is 1.61. The molecule has 0 amide bonds. The van der Waals surface area contributed by atoms with Crippen LogP contribution in [0.4, 0.5) is 11.5 Å². The van der Waals surface area contributed by atoms with Crippen molar-refractivity contribution >= 4 is 49.9 Å². The molecule has 1 aliphatic rings. The zero-order chi connectivity index (χ0) is 20.1. The molecular formula is C21H21N5O2S. The highest BCUT2D eigenvalue weighted by molar-refractivity contribution is 7.19. The number of nitrogens with one attached hydrogen (secondary N) is 2. The van der Waals surface area contributed by atoms with Gasteiger partial charge in [0.25, 0.3) is 0 Å². The van der Waals surface area contributed by atoms with Gasteiger partial charge in [-0.3, -0.25) is 9.89 Å². The summed E-state index contributed by atoms with van der Waals surface area (Å²) in [6.07, 6.45) is 2.72. The molecule has 0 bridgehead atoms. The minimum atomic E-state index is -0.712. The number of carboxylic acids is 1. The van der Waals surface area contributed by atoms with Gasteiger partial charge in [-0.25, -0.2) is 9.97 Å². The maximum Gasteiger partial charge on any atom is 0.306 e. The second-order valence-electron chi connectivity index (χ2n) is 7.51. The van der Waals surface area contributed by atoms with E-state index in [0.29, 0.717) is 12.8 Å². The maximum atomic E-state index is 11.5. The SMILES string of the molecule is CCc1nc(Nc2ccc3n[nH]c(C)c3c2)c2c3c(sc2n1)CC(C(=O)O)CC3. The molecule has 5 rings (SSSR count). The minimum absolute atomic E-state index is 0.308. The van der Waals surface area contributed by atoms with Crippen LogP contribution in [0.5, 0.6) is 0 Å². The van der Waals surface area contributed by atoms with E-state index in [9.17, 15) is 9.90 Å². The highest BCUT2D eigenvalue weighted by atomic mass is 32.1. The fourth-order valence-electron chi connectivity index (χ4n) is 4.03. The molecule has 1 aliphatic carbocycles. The van der Waals surface area contributed by atoms with Crippen LogP contribution in [0.15, 0.2) is 18.2 Å². The van der Waals surface area contributed by atoms with Crippen LogP contribution in [0.1, 0.15) is 35.3 Å². The van der Waals surface area contributed by atoms with Crippen LogP contribution in [0.2, 0.25) is 0 Å². The first-order chi connectivity index (χ1) is 14.0. The molecule has 0 fully saturated rings. The molecule has 0 radical (unpaired) electrons. The largest absolute Gasteiger partial charge is 0.481 e. The van der Waals surface area contributed by atoms with Crippen LogP contribution >= 0.6 is 11.3 Å². The number of H-pyrrole nitrogens is 1. The normalized spacial score (nSPS) is 16.3. The Balaban J connectivity index is 1.62. The summed E-state index contributed by atoms with van der Waals surface area (Å²) in [5, 5.41) is 22.3. The van der Waals surface area contributed by atoms with E-state index in [2.05, 4.69) is 21.6 Å². The molecule has 3 N–H and O–H groups in total. The van der Waals surface area contributed by atoms with Crippen molar-refractivity contribution in [3.05, 3.63) is 40.2 Å². The van der Waals surface area contributed by atoms with Crippen LogP contribution in [0.25, 0.3) is 21.1 Å². The van der Waals surface area contributed by atoms with Gasteiger partial charge in [-0.05, 0) is 49.9 Å². The molecule has 3 heterocycles. The lowest BCUT2D eigenvalue weighted by molar-refractivity contribution is -0.142. The highest BCUT2D eigenvalue weighted by Gasteiger charge is 2.29. The highest BCUT2D eigenvalue weighted by Crippen LogP contribution is 2.41. The van der Waals surface area contributed by atoms with Crippen molar-refractivity contribution in [1.82, 2.24) is 20.2 Å². The van der Waals surface area contributed by atoms with E-state index >= 15 is 0 Å². The minimum Gasteiger partial charge on any atom is -0.481 e. The van der Waals surface area contributed by atoms with Crippen molar-refractivity contribution in [3.63, 3.8) is 0 Å². The molecular weight excluding hydrogens is 386 g/mol. The number of benzene rings is 1. The summed E-state index contributed by atoms with van der Waals surface area (Å²) in [5.41, 5.74) is 4.11. The lowest BCUT2D eigenvalue weighted by Gasteiger charge is -2.18. The van der Waals surface area contributed by atoms with Crippen LogP contribution in [0, 0.1) is 12.8 Å². The van der Waals surface area contributed by atoms with Gasteiger partial charge in [-0.2, -0.15) is 5.10 Å². The Morgan fingerprint density at radius 3 is 3.03 bits per heavy atom. The molecule has 1 atom stereocenters. The second-order valence-corrected chi connectivity index (χ2v) is 8.59. The Kier molecular flexibility index (Phi) is 4.24. The van der Waals surface area contributed by atoms with Gasteiger partial charge >= 0.3 is 5.97 Å². The summed E-state index contributed by atoms with van der Waals surface area (Å²) in [7, 11) is 0. The standard InChI is InChI=1S/C21H21N5O2S/c1-3-17-23-19(22-12-5-7-15-14(9-12)10(2)25-26-15)18-13-6-4-11(21(27)28)8-16(13)29-20(18)24-17/h5,7,9,11H,3-4,6,8H2,1-2H3,(H,25,26)(H,27,28)(H,22,23,24). The number of thiophene rings is 1. The fourth-order valence-corrected chi connectivity index (χ4v) is 5.35. The summed E-state index contributed by atoms with van der Waals surface area (Å²) in [6, 6.07) is 6.06. The molecule has 3 aromatic heterocycles. The topological polar surface area (TPSA) is 104 Å². The third-order valence-electron chi connectivity index (χ3n) is 5.63. The average molecular weight is 407 g/mol. The summed E-state index contributed by atoms with van der Waals surface area (Å²) in [4.78, 5) is 23.0. The zero-order valence-corrected chi connectivity index (χ0v) is 17.1. The van der Waals surface area contributed by atoms with E-state index in [0.717, 1.165) is 61.9 Å². The van der Waals surface area contributed by atoms with Gasteiger partial charge in [0.15, 0.2) is 0 Å². The number of nitrogens with zero attached hydrogens (tertiary/aromatic N) is 3. The number of carboxylic acid groups (broad SMARTS) is 1. The number of carbonyl (C=O) groups is 1. The number of hydrogen-bond acceptors (Lipinski definition) is 6. The monoisotopic (exact) mass is 407 g/mol. The number of hydrogen-bond donors (Lipinski definition) is 3. The molecule has 148 valence electrons. The summed E-state index contributed by atoms with van der Waals surface area (Å²) in [5.74, 6) is 0.570. The first-order valence-corrected chi connectivity index (χ1v) is 10.6. The smallest absolute Gasteiger partial charge is 0.306 e. The maximum absolute atomic E-state index is 11.5. The number of anilines is 2. The lowest BCUT2D eigenvalue weighted by Crippen LogP contribution is -2.21. The Bertz CT molecular complexity index is 1260. The van der Waals surface area contributed by atoms with Crippen LogP contribution in [-0.2, 0) is 24.1 Å². The number of aryl methyl sites for hydroxylation is 3. The molecule has 0 spiro atoms. The number of aromatic nitrogens is 4. The van der Waals surface area contributed by atoms with Crippen LogP contribution in [-0.4, -0.2) is 31.2 Å². The third kappa shape index (κ3) is 3.04. The average Bonchev–Trinajstić information content (AvgIpc) is 3.27. The van der Waals surface area contributed by atoms with E-state index in [1.807, 2.05) is 26.0 Å². The van der Waals surface area contributed by atoms with E-state index in [1.54, 1.807) is 11.3 Å². The number of fused-ring (bicyclic) bond motifs is 4. The predicted octanol–water partition coefficient (Wildman–Crippen LogP) is 4.37. The number of aliphatic carboxylic acids is 1. The Labute approximate surface area is 171 Å². The van der Waals surface area contributed by atoms with Crippen molar-refractivity contribution in [1.29, 1.82) is 0 Å². The molecule has 0 saturated heterocycles. The molecule has 0 aliphatic heterocycles. The fraction of sp³-hybridized carbons (Fsp3) is 0.333. The van der Waals surface area contributed by atoms with Crippen molar-refractivity contribution in [2.45, 2.75) is 39.5 Å². The van der Waals surface area contributed by atoms with Crippen molar-refractivity contribution in [2.75, 3.05) is 5.32 Å². The molecule has 0 saturated carbocycles. The number of aromatic amines is 1. The lowest BCUT2D eigenvalue weighted by atomic mass is 9.88.